The summed E-state index contributed by atoms with van der Waals surface area (Å²) in [7, 11) is 0. The molecule has 1 aliphatic heterocycles. The molecule has 1 aromatic carbocycles. The summed E-state index contributed by atoms with van der Waals surface area (Å²) in [5.74, 6) is 1.65. The summed E-state index contributed by atoms with van der Waals surface area (Å²) in [6, 6.07) is 6.32. The fourth-order valence-electron chi connectivity index (χ4n) is 2.76. The van der Waals surface area contributed by atoms with Gasteiger partial charge in [-0.3, -0.25) is 4.90 Å². The minimum absolute atomic E-state index is 0.482. The van der Waals surface area contributed by atoms with Gasteiger partial charge in [0.2, 0.25) is 0 Å². The third kappa shape index (κ3) is 3.54. The molecule has 2 N–H and O–H groups in total. The highest BCUT2D eigenvalue weighted by Gasteiger charge is 2.22. The molecule has 0 bridgehead atoms. The molecule has 1 heterocycles. The topological polar surface area (TPSA) is 29.3 Å². The van der Waals surface area contributed by atoms with Crippen molar-refractivity contribution in [3.05, 3.63) is 34.9 Å². The van der Waals surface area contributed by atoms with E-state index in [2.05, 4.69) is 37.8 Å². The smallest absolute Gasteiger partial charge is 0.103 e. The van der Waals surface area contributed by atoms with E-state index in [4.69, 9.17) is 18.0 Å². The number of aryl methyl sites for hydroxylation is 1. The average Bonchev–Trinajstić information content (AvgIpc) is 2.36. The quantitative estimate of drug-likeness (QED) is 0.860. The lowest BCUT2D eigenvalue weighted by Gasteiger charge is -2.35. The predicted octanol–water partition coefficient (Wildman–Crippen LogP) is 3.11. The number of likely N-dealkylation sites (tertiary alicyclic amines) is 1. The highest BCUT2D eigenvalue weighted by Crippen LogP contribution is 2.24. The van der Waals surface area contributed by atoms with Crippen molar-refractivity contribution in [3.8, 4) is 0 Å². The zero-order valence-electron chi connectivity index (χ0n) is 12.1. The van der Waals surface area contributed by atoms with Crippen molar-refractivity contribution in [1.29, 1.82) is 0 Å². The molecule has 19 heavy (non-hydrogen) atoms. The highest BCUT2D eigenvalue weighted by molar-refractivity contribution is 7.80. The lowest BCUT2D eigenvalue weighted by Crippen LogP contribution is -2.38. The van der Waals surface area contributed by atoms with Gasteiger partial charge in [-0.25, -0.2) is 0 Å². The van der Waals surface area contributed by atoms with Crippen molar-refractivity contribution < 1.29 is 0 Å². The van der Waals surface area contributed by atoms with Crippen LogP contribution in [0.3, 0.4) is 0 Å². The fourth-order valence-corrected chi connectivity index (χ4v) is 2.89. The monoisotopic (exact) mass is 276 g/mol. The average molecular weight is 276 g/mol. The number of benzene rings is 1. The highest BCUT2D eigenvalue weighted by atomic mass is 32.1. The normalized spacial score (nSPS) is 24.4. The number of rotatable bonds is 3. The second kappa shape index (κ2) is 6.02. The van der Waals surface area contributed by atoms with Gasteiger partial charge in [0.25, 0.3) is 0 Å². The zero-order chi connectivity index (χ0) is 14.0. The summed E-state index contributed by atoms with van der Waals surface area (Å²) in [4.78, 5) is 3.04. The maximum absolute atomic E-state index is 5.67. The Hall–Kier alpha value is -0.930. The maximum Gasteiger partial charge on any atom is 0.103 e. The molecule has 0 radical (unpaired) electrons. The molecular formula is C16H24N2S. The Morgan fingerprint density at radius 1 is 1.37 bits per heavy atom. The first-order chi connectivity index (χ1) is 8.97. The summed E-state index contributed by atoms with van der Waals surface area (Å²) in [6.45, 7) is 10.3. The largest absolute Gasteiger partial charge is 0.389 e. The van der Waals surface area contributed by atoms with Crippen LogP contribution in [0.1, 0.15) is 37.0 Å². The molecule has 1 fully saturated rings. The lowest BCUT2D eigenvalue weighted by molar-refractivity contribution is 0.132. The number of nitrogens with zero attached hydrogens (tertiary/aromatic N) is 1. The summed E-state index contributed by atoms with van der Waals surface area (Å²) in [5.41, 5.74) is 9.32. The molecule has 0 aliphatic carbocycles. The van der Waals surface area contributed by atoms with E-state index in [1.807, 2.05) is 6.07 Å². The van der Waals surface area contributed by atoms with E-state index in [0.29, 0.717) is 4.99 Å². The van der Waals surface area contributed by atoms with Crippen molar-refractivity contribution in [2.75, 3.05) is 13.1 Å². The van der Waals surface area contributed by atoms with Crippen LogP contribution in [0.25, 0.3) is 0 Å². The van der Waals surface area contributed by atoms with E-state index in [9.17, 15) is 0 Å². The Labute approximate surface area is 122 Å². The Balaban J connectivity index is 2.05. The predicted molar refractivity (Wildman–Crippen MR) is 85.3 cm³/mol. The van der Waals surface area contributed by atoms with E-state index in [0.717, 1.165) is 23.9 Å². The third-order valence-corrected chi connectivity index (χ3v) is 4.68. The van der Waals surface area contributed by atoms with Crippen molar-refractivity contribution in [2.24, 2.45) is 17.6 Å². The van der Waals surface area contributed by atoms with E-state index >= 15 is 0 Å². The van der Waals surface area contributed by atoms with Gasteiger partial charge in [-0.15, -0.1) is 0 Å². The van der Waals surface area contributed by atoms with Gasteiger partial charge in [0, 0.05) is 18.7 Å². The van der Waals surface area contributed by atoms with Crippen LogP contribution >= 0.6 is 12.2 Å². The minimum Gasteiger partial charge on any atom is -0.389 e. The molecule has 2 atom stereocenters. The Bertz CT molecular complexity index is 470. The summed E-state index contributed by atoms with van der Waals surface area (Å²) in [5, 5.41) is 0. The van der Waals surface area contributed by atoms with Crippen LogP contribution in [-0.4, -0.2) is 23.0 Å². The molecular weight excluding hydrogens is 252 g/mol. The van der Waals surface area contributed by atoms with Gasteiger partial charge in [-0.05, 0) is 48.9 Å². The molecule has 2 nitrogen and oxygen atoms in total. The first-order valence-corrected chi connectivity index (χ1v) is 7.50. The summed E-state index contributed by atoms with van der Waals surface area (Å²) in [6.07, 6.45) is 1.31. The summed E-state index contributed by atoms with van der Waals surface area (Å²) < 4.78 is 0. The van der Waals surface area contributed by atoms with Crippen LogP contribution in [0.5, 0.6) is 0 Å². The fraction of sp³-hybridized carbons (Fsp3) is 0.562. The molecule has 0 spiro atoms. The molecule has 3 heteroatoms. The van der Waals surface area contributed by atoms with Crippen molar-refractivity contribution in [1.82, 2.24) is 4.90 Å². The van der Waals surface area contributed by atoms with Crippen molar-refractivity contribution >= 4 is 17.2 Å². The maximum atomic E-state index is 5.67. The van der Waals surface area contributed by atoms with Crippen LogP contribution < -0.4 is 5.73 Å². The first kappa shape index (κ1) is 14.5. The molecule has 1 saturated heterocycles. The molecule has 0 amide bonds. The van der Waals surface area contributed by atoms with E-state index in [-0.39, 0.29) is 0 Å². The van der Waals surface area contributed by atoms with Gasteiger partial charge in [-0.2, -0.15) is 0 Å². The molecule has 0 aromatic heterocycles. The standard InChI is InChI=1S/C16H24N2S/c1-11-6-7-18(9-13(11)3)10-15-5-4-14(16(17)19)8-12(15)2/h4-5,8,11,13H,6-7,9-10H2,1-3H3,(H2,17,19). The molecule has 2 unspecified atom stereocenters. The van der Waals surface area contributed by atoms with Gasteiger partial charge in [0.15, 0.2) is 0 Å². The Morgan fingerprint density at radius 2 is 2.11 bits per heavy atom. The van der Waals surface area contributed by atoms with Crippen LogP contribution in [0.2, 0.25) is 0 Å². The molecule has 104 valence electrons. The van der Waals surface area contributed by atoms with Crippen LogP contribution in [0.4, 0.5) is 0 Å². The first-order valence-electron chi connectivity index (χ1n) is 7.09. The zero-order valence-corrected chi connectivity index (χ0v) is 13.0. The lowest BCUT2D eigenvalue weighted by atomic mass is 9.88. The number of hydrogen-bond acceptors (Lipinski definition) is 2. The minimum atomic E-state index is 0.482. The Kier molecular flexibility index (Phi) is 4.58. The number of hydrogen-bond donors (Lipinski definition) is 1. The van der Waals surface area contributed by atoms with E-state index in [1.165, 1.54) is 30.6 Å². The third-order valence-electron chi connectivity index (χ3n) is 4.44. The molecule has 1 aliphatic rings. The molecule has 1 aromatic rings. The van der Waals surface area contributed by atoms with Crippen molar-refractivity contribution in [3.63, 3.8) is 0 Å². The number of thiocarbonyl (C=S) groups is 1. The van der Waals surface area contributed by atoms with Crippen LogP contribution in [0, 0.1) is 18.8 Å². The van der Waals surface area contributed by atoms with Crippen LogP contribution in [0.15, 0.2) is 18.2 Å². The number of piperidine rings is 1. The SMILES string of the molecule is Cc1cc(C(N)=S)ccc1CN1CCC(C)C(C)C1. The van der Waals surface area contributed by atoms with Gasteiger partial charge in [0.05, 0.1) is 0 Å². The van der Waals surface area contributed by atoms with Gasteiger partial charge in [0.1, 0.15) is 4.99 Å². The molecule has 2 rings (SSSR count). The second-order valence-electron chi connectivity index (χ2n) is 5.98. The van der Waals surface area contributed by atoms with Gasteiger partial charge < -0.3 is 5.73 Å². The summed E-state index contributed by atoms with van der Waals surface area (Å²) >= 11 is 5.02. The number of nitrogens with two attached hydrogens (primary N) is 1. The Morgan fingerprint density at radius 3 is 2.68 bits per heavy atom. The van der Waals surface area contributed by atoms with Crippen molar-refractivity contribution in [2.45, 2.75) is 33.7 Å². The van der Waals surface area contributed by atoms with Crippen LogP contribution in [-0.2, 0) is 6.54 Å². The molecule has 0 saturated carbocycles. The van der Waals surface area contributed by atoms with E-state index < -0.39 is 0 Å². The second-order valence-corrected chi connectivity index (χ2v) is 6.42. The van der Waals surface area contributed by atoms with E-state index in [1.54, 1.807) is 0 Å². The van der Waals surface area contributed by atoms with Gasteiger partial charge >= 0.3 is 0 Å². The van der Waals surface area contributed by atoms with Gasteiger partial charge in [-0.1, -0.05) is 38.2 Å².